The van der Waals surface area contributed by atoms with Gasteiger partial charge < -0.3 is 19.3 Å². The smallest absolute Gasteiger partial charge is 0.409 e. The van der Waals surface area contributed by atoms with E-state index in [1.807, 2.05) is 9.80 Å². The molecule has 0 unspecified atom stereocenters. The van der Waals surface area contributed by atoms with Gasteiger partial charge >= 0.3 is 12.2 Å². The molecule has 0 spiro atoms. The van der Waals surface area contributed by atoms with Crippen molar-refractivity contribution in [2.45, 2.75) is 53.5 Å². The zero-order valence-corrected chi connectivity index (χ0v) is 20.3. The van der Waals surface area contributed by atoms with Crippen LogP contribution in [-0.4, -0.2) is 110 Å². The van der Waals surface area contributed by atoms with Crippen LogP contribution in [0.2, 0.25) is 0 Å². The second-order valence-electron chi connectivity index (χ2n) is 9.81. The van der Waals surface area contributed by atoms with E-state index >= 15 is 0 Å². The SMILES string of the molecule is CC(C)COC(=O)N1CCCN(C[C@@H](C)N2CCCN(C(=O)OCC(C)C)CC2)CC1. The Morgan fingerprint density at radius 3 is 1.74 bits per heavy atom. The van der Waals surface area contributed by atoms with Crippen molar-refractivity contribution in [3.05, 3.63) is 0 Å². The van der Waals surface area contributed by atoms with E-state index in [1.54, 1.807) is 0 Å². The van der Waals surface area contributed by atoms with Gasteiger partial charge in [-0.2, -0.15) is 0 Å². The Hall–Kier alpha value is -1.54. The lowest BCUT2D eigenvalue weighted by molar-refractivity contribution is 0.0899. The van der Waals surface area contributed by atoms with Crippen LogP contribution in [0.1, 0.15) is 47.5 Å². The Morgan fingerprint density at radius 1 is 0.677 bits per heavy atom. The summed E-state index contributed by atoms with van der Waals surface area (Å²) < 4.78 is 10.8. The molecule has 2 saturated heterocycles. The fourth-order valence-corrected chi connectivity index (χ4v) is 4.04. The minimum atomic E-state index is -0.180. The van der Waals surface area contributed by atoms with E-state index in [0.29, 0.717) is 31.1 Å². The van der Waals surface area contributed by atoms with Gasteiger partial charge in [-0.25, -0.2) is 9.59 Å². The second-order valence-corrected chi connectivity index (χ2v) is 9.81. The Morgan fingerprint density at radius 2 is 1.19 bits per heavy atom. The zero-order valence-electron chi connectivity index (χ0n) is 20.3. The summed E-state index contributed by atoms with van der Waals surface area (Å²) in [6.07, 6.45) is 1.58. The standard InChI is InChI=1S/C23H44N4O4/c1-19(2)17-30-22(28)26-10-6-8-24(12-13-26)16-21(5)25-9-7-11-27(15-14-25)23(29)31-18-20(3)4/h19-21H,6-18H2,1-5H3/t21-/m1/s1. The molecule has 8 nitrogen and oxygen atoms in total. The molecule has 2 aliphatic rings. The number of hydrogen-bond donors (Lipinski definition) is 0. The van der Waals surface area contributed by atoms with Crippen LogP contribution in [0.15, 0.2) is 0 Å². The number of nitrogens with zero attached hydrogens (tertiary/aromatic N) is 4. The first-order valence-electron chi connectivity index (χ1n) is 12.1. The van der Waals surface area contributed by atoms with Crippen molar-refractivity contribution in [2.75, 3.05) is 72.1 Å². The summed E-state index contributed by atoms with van der Waals surface area (Å²) >= 11 is 0. The minimum absolute atomic E-state index is 0.180. The largest absolute Gasteiger partial charge is 0.449 e. The number of carbonyl (C=O) groups excluding carboxylic acids is 2. The molecular weight excluding hydrogens is 396 g/mol. The monoisotopic (exact) mass is 440 g/mol. The average Bonchev–Trinajstić information content (AvgIpc) is 3.11. The van der Waals surface area contributed by atoms with Crippen LogP contribution in [0.5, 0.6) is 0 Å². The maximum atomic E-state index is 12.3. The highest BCUT2D eigenvalue weighted by molar-refractivity contribution is 5.68. The van der Waals surface area contributed by atoms with Crippen LogP contribution in [0.25, 0.3) is 0 Å². The van der Waals surface area contributed by atoms with Gasteiger partial charge in [0.15, 0.2) is 0 Å². The van der Waals surface area contributed by atoms with Crippen molar-refractivity contribution in [2.24, 2.45) is 11.8 Å². The lowest BCUT2D eigenvalue weighted by Gasteiger charge is -2.32. The highest BCUT2D eigenvalue weighted by Gasteiger charge is 2.26. The Balaban J connectivity index is 1.75. The van der Waals surface area contributed by atoms with Crippen LogP contribution in [0.3, 0.4) is 0 Å². The van der Waals surface area contributed by atoms with E-state index in [9.17, 15) is 9.59 Å². The maximum Gasteiger partial charge on any atom is 0.409 e. The minimum Gasteiger partial charge on any atom is -0.449 e. The van der Waals surface area contributed by atoms with Gasteiger partial charge in [0.05, 0.1) is 13.2 Å². The van der Waals surface area contributed by atoms with Crippen LogP contribution in [0, 0.1) is 11.8 Å². The summed E-state index contributed by atoms with van der Waals surface area (Å²) in [6, 6.07) is 0.408. The molecule has 0 radical (unpaired) electrons. The zero-order chi connectivity index (χ0) is 22.8. The molecule has 0 bridgehead atoms. The lowest BCUT2D eigenvalue weighted by atomic mass is 10.2. The van der Waals surface area contributed by atoms with Gasteiger partial charge in [0.25, 0.3) is 0 Å². The predicted octanol–water partition coefficient (Wildman–Crippen LogP) is 2.98. The molecule has 2 heterocycles. The van der Waals surface area contributed by atoms with Crippen LogP contribution in [-0.2, 0) is 9.47 Å². The van der Waals surface area contributed by atoms with Gasteiger partial charge in [0, 0.05) is 58.4 Å². The Labute approximate surface area is 188 Å². The Kier molecular flexibility index (Phi) is 10.9. The molecule has 0 aromatic rings. The molecular formula is C23H44N4O4. The normalized spacial score (nSPS) is 20.5. The van der Waals surface area contributed by atoms with Crippen molar-refractivity contribution < 1.29 is 19.1 Å². The molecule has 31 heavy (non-hydrogen) atoms. The van der Waals surface area contributed by atoms with Crippen LogP contribution in [0.4, 0.5) is 9.59 Å². The third-order valence-corrected chi connectivity index (χ3v) is 5.86. The maximum absolute atomic E-state index is 12.3. The molecule has 8 heteroatoms. The summed E-state index contributed by atoms with van der Waals surface area (Å²) in [5.41, 5.74) is 0. The molecule has 2 rings (SSSR count). The van der Waals surface area contributed by atoms with Crippen molar-refractivity contribution in [1.82, 2.24) is 19.6 Å². The fourth-order valence-electron chi connectivity index (χ4n) is 4.04. The van der Waals surface area contributed by atoms with Crippen molar-refractivity contribution in [1.29, 1.82) is 0 Å². The summed E-state index contributed by atoms with van der Waals surface area (Å²) in [5.74, 6) is 0.712. The van der Waals surface area contributed by atoms with Gasteiger partial charge in [-0.15, -0.1) is 0 Å². The Bertz CT molecular complexity index is 558. The van der Waals surface area contributed by atoms with Gasteiger partial charge in [-0.3, -0.25) is 9.80 Å². The quantitative estimate of drug-likeness (QED) is 0.606. The van der Waals surface area contributed by atoms with Crippen LogP contribution < -0.4 is 0 Å². The summed E-state index contributed by atoms with van der Waals surface area (Å²) in [4.78, 5) is 33.2. The summed E-state index contributed by atoms with van der Waals surface area (Å²) in [6.45, 7) is 19.1. The lowest BCUT2D eigenvalue weighted by Crippen LogP contribution is -2.45. The molecule has 0 N–H and O–H groups in total. The molecule has 2 amide bonds. The van der Waals surface area contributed by atoms with E-state index in [0.717, 1.165) is 71.7 Å². The first kappa shape index (κ1) is 25.7. The van der Waals surface area contributed by atoms with Crippen molar-refractivity contribution >= 4 is 12.2 Å². The number of carbonyl (C=O) groups is 2. The van der Waals surface area contributed by atoms with Gasteiger partial charge in [-0.1, -0.05) is 27.7 Å². The highest BCUT2D eigenvalue weighted by Crippen LogP contribution is 2.12. The topological polar surface area (TPSA) is 65.6 Å². The van der Waals surface area contributed by atoms with Gasteiger partial charge in [0.2, 0.25) is 0 Å². The van der Waals surface area contributed by atoms with Gasteiger partial charge in [-0.05, 0) is 38.1 Å². The molecule has 0 saturated carbocycles. The molecule has 0 aliphatic carbocycles. The first-order valence-corrected chi connectivity index (χ1v) is 12.1. The van der Waals surface area contributed by atoms with E-state index in [4.69, 9.17) is 9.47 Å². The summed E-state index contributed by atoms with van der Waals surface area (Å²) in [7, 11) is 0. The third kappa shape index (κ3) is 9.23. The second kappa shape index (κ2) is 13.1. The third-order valence-electron chi connectivity index (χ3n) is 5.86. The number of hydrogen-bond acceptors (Lipinski definition) is 6. The van der Waals surface area contributed by atoms with E-state index in [-0.39, 0.29) is 12.2 Å². The number of rotatable bonds is 7. The van der Waals surface area contributed by atoms with Gasteiger partial charge in [0.1, 0.15) is 0 Å². The van der Waals surface area contributed by atoms with E-state index < -0.39 is 0 Å². The molecule has 180 valence electrons. The van der Waals surface area contributed by atoms with Crippen molar-refractivity contribution in [3.8, 4) is 0 Å². The molecule has 0 aromatic carbocycles. The fraction of sp³-hybridized carbons (Fsp3) is 0.913. The molecule has 2 fully saturated rings. The number of ether oxygens (including phenoxy) is 2. The highest BCUT2D eigenvalue weighted by atomic mass is 16.6. The molecule has 1 atom stereocenters. The van der Waals surface area contributed by atoms with E-state index in [2.05, 4.69) is 44.4 Å². The molecule has 2 aliphatic heterocycles. The average molecular weight is 441 g/mol. The van der Waals surface area contributed by atoms with Crippen molar-refractivity contribution in [3.63, 3.8) is 0 Å². The molecule has 0 aromatic heterocycles. The predicted molar refractivity (Wildman–Crippen MR) is 122 cm³/mol. The van der Waals surface area contributed by atoms with E-state index in [1.165, 1.54) is 0 Å². The number of amides is 2. The summed E-state index contributed by atoms with van der Waals surface area (Å²) in [5, 5.41) is 0. The first-order chi connectivity index (χ1) is 14.8. The van der Waals surface area contributed by atoms with Crippen LogP contribution >= 0.6 is 0 Å².